The zero-order valence-corrected chi connectivity index (χ0v) is 11.1. The molecular formula is C14H18N2O4. The summed E-state index contributed by atoms with van der Waals surface area (Å²) in [6, 6.07) is -0.672. The molecule has 0 radical (unpaired) electrons. The van der Waals surface area contributed by atoms with Gasteiger partial charge in [-0.25, -0.2) is 0 Å². The lowest BCUT2D eigenvalue weighted by atomic mass is 9.78. The first-order chi connectivity index (χ1) is 9.69. The van der Waals surface area contributed by atoms with Crippen molar-refractivity contribution in [1.82, 2.24) is 9.80 Å². The zero-order valence-electron chi connectivity index (χ0n) is 11.1. The number of nitrogens with zero attached hydrogens (tertiary/aromatic N) is 2. The summed E-state index contributed by atoms with van der Waals surface area (Å²) >= 11 is 0. The third-order valence-corrected chi connectivity index (χ3v) is 4.31. The maximum absolute atomic E-state index is 12.5. The molecular weight excluding hydrogens is 260 g/mol. The fourth-order valence-corrected chi connectivity index (χ4v) is 3.40. The minimum absolute atomic E-state index is 0.0543. The van der Waals surface area contributed by atoms with Crippen LogP contribution in [0.4, 0.5) is 0 Å². The smallest absolute Gasteiger partial charge is 0.232 e. The van der Waals surface area contributed by atoms with Gasteiger partial charge < -0.3 is 20.0 Å². The van der Waals surface area contributed by atoms with Crippen molar-refractivity contribution in [3.05, 3.63) is 24.3 Å². The van der Waals surface area contributed by atoms with E-state index in [1.807, 2.05) is 24.3 Å². The summed E-state index contributed by atoms with van der Waals surface area (Å²) in [4.78, 5) is 28.2. The number of hydrogen-bond donors (Lipinski definition) is 2. The van der Waals surface area contributed by atoms with Gasteiger partial charge in [-0.2, -0.15) is 0 Å². The van der Waals surface area contributed by atoms with Gasteiger partial charge in [0.15, 0.2) is 0 Å². The van der Waals surface area contributed by atoms with Gasteiger partial charge in [0.25, 0.3) is 0 Å². The molecule has 6 rings (SSSR count). The fraction of sp³-hybridized carbons (Fsp3) is 0.571. The molecule has 4 atom stereocenters. The average molecular weight is 278 g/mol. The molecule has 0 spiro atoms. The van der Waals surface area contributed by atoms with Gasteiger partial charge >= 0.3 is 0 Å². The monoisotopic (exact) mass is 278 g/mol. The van der Waals surface area contributed by atoms with E-state index in [0.717, 1.165) is 0 Å². The molecule has 6 heteroatoms. The summed E-state index contributed by atoms with van der Waals surface area (Å²) in [5, 5.41) is 18.3. The molecule has 6 nitrogen and oxygen atoms in total. The Kier molecular flexibility index (Phi) is 3.35. The van der Waals surface area contributed by atoms with Crippen LogP contribution in [0.5, 0.6) is 0 Å². The molecule has 2 N–H and O–H groups in total. The van der Waals surface area contributed by atoms with Crippen molar-refractivity contribution < 1.29 is 19.8 Å². The Morgan fingerprint density at radius 2 is 1.20 bits per heavy atom. The first kappa shape index (κ1) is 13.3. The van der Waals surface area contributed by atoms with Gasteiger partial charge in [0.2, 0.25) is 11.8 Å². The minimum atomic E-state index is -0.425. The molecule has 5 aliphatic heterocycles. The van der Waals surface area contributed by atoms with Crippen molar-refractivity contribution >= 4 is 11.8 Å². The van der Waals surface area contributed by atoms with Crippen LogP contribution in [0.2, 0.25) is 0 Å². The van der Waals surface area contributed by atoms with Crippen LogP contribution in [-0.2, 0) is 9.59 Å². The molecule has 2 amide bonds. The van der Waals surface area contributed by atoms with Crippen LogP contribution in [-0.4, -0.2) is 70.2 Å². The summed E-state index contributed by atoms with van der Waals surface area (Å²) in [5.74, 6) is -0.959. The predicted molar refractivity (Wildman–Crippen MR) is 70.4 cm³/mol. The minimum Gasteiger partial charge on any atom is -0.395 e. The van der Waals surface area contributed by atoms with Crippen LogP contribution in [0.25, 0.3) is 0 Å². The summed E-state index contributed by atoms with van der Waals surface area (Å²) < 4.78 is 0. The van der Waals surface area contributed by atoms with Gasteiger partial charge in [-0.05, 0) is 0 Å². The van der Waals surface area contributed by atoms with E-state index in [4.69, 9.17) is 10.2 Å². The van der Waals surface area contributed by atoms with Gasteiger partial charge in [0.05, 0.1) is 37.1 Å². The Morgan fingerprint density at radius 1 is 0.800 bits per heavy atom. The molecule has 1 aliphatic carbocycles. The summed E-state index contributed by atoms with van der Waals surface area (Å²) in [7, 11) is 0. The third kappa shape index (κ3) is 1.79. The standard InChI is InChI=1S/C14H18N2O4/c17-7-5-15-11-3-1-9(13(15)19)12-4-2-10(11)14(20)16(12)6-8-18/h1-4,9-12,17-18H,5-8H2/t9-,10-,11+,12+/m1/s1. The van der Waals surface area contributed by atoms with Crippen molar-refractivity contribution in [2.75, 3.05) is 26.3 Å². The molecule has 20 heavy (non-hydrogen) atoms. The highest BCUT2D eigenvalue weighted by Crippen LogP contribution is 2.36. The number of carbonyl (C=O) groups excluding carboxylic acids is 2. The van der Waals surface area contributed by atoms with E-state index in [1.54, 1.807) is 9.80 Å². The van der Waals surface area contributed by atoms with E-state index in [9.17, 15) is 9.59 Å². The molecule has 0 unspecified atom stereocenters. The molecule has 0 aromatic heterocycles. The van der Waals surface area contributed by atoms with Crippen LogP contribution >= 0.6 is 0 Å². The van der Waals surface area contributed by atoms with E-state index in [-0.39, 0.29) is 50.2 Å². The first-order valence-electron chi connectivity index (χ1n) is 6.88. The first-order valence-corrected chi connectivity index (χ1v) is 6.88. The van der Waals surface area contributed by atoms with Crippen molar-refractivity contribution in [3.63, 3.8) is 0 Å². The molecule has 6 aliphatic rings. The highest BCUT2D eigenvalue weighted by Gasteiger charge is 2.48. The second kappa shape index (κ2) is 5.03. The van der Waals surface area contributed by atoms with Gasteiger partial charge in [0.1, 0.15) is 0 Å². The third-order valence-electron chi connectivity index (χ3n) is 4.31. The molecule has 108 valence electrons. The quantitative estimate of drug-likeness (QED) is 0.630. The number of rotatable bonds is 4. The van der Waals surface area contributed by atoms with E-state index in [2.05, 4.69) is 0 Å². The number of hydrogen-bond acceptors (Lipinski definition) is 4. The Morgan fingerprint density at radius 3 is 1.55 bits per heavy atom. The van der Waals surface area contributed by atoms with E-state index < -0.39 is 11.8 Å². The largest absolute Gasteiger partial charge is 0.395 e. The van der Waals surface area contributed by atoms with Crippen molar-refractivity contribution in [3.8, 4) is 0 Å². The Bertz CT molecular complexity index is 444. The van der Waals surface area contributed by atoms with Gasteiger partial charge in [-0.15, -0.1) is 0 Å². The lowest BCUT2D eigenvalue weighted by Crippen LogP contribution is -2.63. The topological polar surface area (TPSA) is 81.1 Å². The van der Waals surface area contributed by atoms with E-state index in [1.165, 1.54) is 0 Å². The van der Waals surface area contributed by atoms with Crippen molar-refractivity contribution in [2.45, 2.75) is 12.1 Å². The van der Waals surface area contributed by atoms with Gasteiger partial charge in [0, 0.05) is 13.1 Å². The molecule has 1 fully saturated rings. The summed E-state index contributed by atoms with van der Waals surface area (Å²) in [6.07, 6.45) is 7.52. The molecule has 5 heterocycles. The van der Waals surface area contributed by atoms with Gasteiger partial charge in [-0.3, -0.25) is 9.59 Å². The maximum atomic E-state index is 12.5. The summed E-state index contributed by atoms with van der Waals surface area (Å²) in [6.45, 7) is 0.264. The Labute approximate surface area is 117 Å². The number of aliphatic hydroxyl groups excluding tert-OH is 2. The van der Waals surface area contributed by atoms with Crippen LogP contribution in [0.3, 0.4) is 0 Å². The van der Waals surface area contributed by atoms with Crippen LogP contribution in [0, 0.1) is 11.8 Å². The second-order valence-electron chi connectivity index (χ2n) is 5.31. The average Bonchev–Trinajstić information content (AvgIpc) is 2.41. The number of aliphatic hydroxyl groups is 2. The van der Waals surface area contributed by atoms with Gasteiger partial charge in [-0.1, -0.05) is 24.3 Å². The molecule has 0 aromatic rings. The van der Waals surface area contributed by atoms with E-state index >= 15 is 0 Å². The van der Waals surface area contributed by atoms with Crippen LogP contribution in [0.1, 0.15) is 0 Å². The summed E-state index contributed by atoms with van der Waals surface area (Å²) in [5.41, 5.74) is 0. The molecule has 1 saturated heterocycles. The fourth-order valence-electron chi connectivity index (χ4n) is 3.40. The Hall–Kier alpha value is -1.66. The highest BCUT2D eigenvalue weighted by atomic mass is 16.3. The van der Waals surface area contributed by atoms with Crippen LogP contribution in [0.15, 0.2) is 24.3 Å². The molecule has 0 saturated carbocycles. The molecule has 0 aromatic carbocycles. The predicted octanol–water partition coefficient (Wildman–Crippen LogP) is -1.25. The Balaban J connectivity index is 2.02. The zero-order chi connectivity index (χ0) is 14.3. The second-order valence-corrected chi connectivity index (χ2v) is 5.31. The number of amides is 2. The lowest BCUT2D eigenvalue weighted by molar-refractivity contribution is -0.151. The van der Waals surface area contributed by atoms with Crippen molar-refractivity contribution in [1.29, 1.82) is 0 Å². The van der Waals surface area contributed by atoms with Crippen molar-refractivity contribution in [2.24, 2.45) is 11.8 Å². The number of carbonyl (C=O) groups is 2. The highest BCUT2D eigenvalue weighted by molar-refractivity contribution is 5.91. The lowest BCUT2D eigenvalue weighted by Gasteiger charge is -2.49. The van der Waals surface area contributed by atoms with Crippen LogP contribution < -0.4 is 0 Å². The van der Waals surface area contributed by atoms with E-state index in [0.29, 0.717) is 0 Å². The maximum Gasteiger partial charge on any atom is 0.232 e. The molecule has 4 bridgehead atoms. The normalized spacial score (nSPS) is 34.9. The SMILES string of the molecule is O=C1[C@@H]2C=C[C@@H]([C@H]3C=C[C@@H]2N(CCO)C3=O)N1CCO.